The summed E-state index contributed by atoms with van der Waals surface area (Å²) < 4.78 is 0. The van der Waals surface area contributed by atoms with Crippen molar-refractivity contribution in [3.05, 3.63) is 29.3 Å². The van der Waals surface area contributed by atoms with Crippen molar-refractivity contribution in [1.29, 1.82) is 0 Å². The highest BCUT2D eigenvalue weighted by atomic mass is 16.3. The molecule has 0 spiro atoms. The molecule has 2 heteroatoms. The summed E-state index contributed by atoms with van der Waals surface area (Å²) in [4.78, 5) is 2.65. The van der Waals surface area contributed by atoms with Crippen molar-refractivity contribution in [3.8, 4) is 5.75 Å². The van der Waals surface area contributed by atoms with Gasteiger partial charge in [0.2, 0.25) is 0 Å². The lowest BCUT2D eigenvalue weighted by molar-refractivity contribution is 0.195. The maximum atomic E-state index is 9.49. The van der Waals surface area contributed by atoms with E-state index in [2.05, 4.69) is 17.9 Å². The molecule has 1 aromatic carbocycles. The topological polar surface area (TPSA) is 23.5 Å². The van der Waals surface area contributed by atoms with Crippen LogP contribution in [0.15, 0.2) is 18.2 Å². The van der Waals surface area contributed by atoms with Gasteiger partial charge in [0.15, 0.2) is 0 Å². The average Bonchev–Trinajstić information content (AvgIpc) is 2.82. The number of phenols is 1. The van der Waals surface area contributed by atoms with Crippen LogP contribution in [-0.4, -0.2) is 28.6 Å². The van der Waals surface area contributed by atoms with Gasteiger partial charge in [-0.2, -0.15) is 0 Å². The first-order valence-corrected chi connectivity index (χ1v) is 6.30. The minimum Gasteiger partial charge on any atom is -0.508 e. The molecule has 2 atom stereocenters. The molecule has 2 nitrogen and oxygen atoms in total. The molecule has 2 aliphatic rings. The van der Waals surface area contributed by atoms with E-state index in [1.54, 1.807) is 0 Å². The predicted octanol–water partition coefficient (Wildman–Crippen LogP) is 2.34. The zero-order valence-corrected chi connectivity index (χ0v) is 9.82. The Morgan fingerprint density at radius 1 is 1.25 bits per heavy atom. The van der Waals surface area contributed by atoms with Crippen LogP contribution in [-0.2, 0) is 12.8 Å². The molecule has 1 N–H and O–H groups in total. The summed E-state index contributed by atoms with van der Waals surface area (Å²) in [6, 6.07) is 7.26. The Balaban J connectivity index is 1.80. The Morgan fingerprint density at radius 2 is 2.06 bits per heavy atom. The van der Waals surface area contributed by atoms with Crippen molar-refractivity contribution in [2.75, 3.05) is 6.54 Å². The third-order valence-electron chi connectivity index (χ3n) is 4.17. The molecule has 86 valence electrons. The van der Waals surface area contributed by atoms with Crippen molar-refractivity contribution in [2.45, 2.75) is 44.7 Å². The van der Waals surface area contributed by atoms with Crippen molar-refractivity contribution >= 4 is 0 Å². The zero-order chi connectivity index (χ0) is 11.1. The van der Waals surface area contributed by atoms with E-state index in [1.165, 1.54) is 36.9 Å². The number of benzene rings is 1. The van der Waals surface area contributed by atoms with Crippen LogP contribution in [0, 0.1) is 0 Å². The summed E-state index contributed by atoms with van der Waals surface area (Å²) in [6.07, 6.45) is 4.98. The Morgan fingerprint density at radius 3 is 2.81 bits per heavy atom. The summed E-state index contributed by atoms with van der Waals surface area (Å²) in [7, 11) is 0. The summed E-state index contributed by atoms with van der Waals surface area (Å²) in [5, 5.41) is 9.49. The summed E-state index contributed by atoms with van der Waals surface area (Å²) in [5.74, 6) is 0.411. The van der Waals surface area contributed by atoms with Gasteiger partial charge in [-0.3, -0.25) is 4.90 Å². The fraction of sp³-hybridized carbons (Fsp3) is 0.571. The summed E-state index contributed by atoms with van der Waals surface area (Å²) >= 11 is 0. The van der Waals surface area contributed by atoms with Crippen molar-refractivity contribution in [2.24, 2.45) is 0 Å². The largest absolute Gasteiger partial charge is 0.508 e. The highest BCUT2D eigenvalue weighted by Crippen LogP contribution is 2.31. The van der Waals surface area contributed by atoms with Crippen LogP contribution in [0.5, 0.6) is 5.75 Å². The van der Waals surface area contributed by atoms with Crippen LogP contribution >= 0.6 is 0 Å². The van der Waals surface area contributed by atoms with Gasteiger partial charge in [-0.1, -0.05) is 6.07 Å². The molecule has 1 aliphatic carbocycles. The van der Waals surface area contributed by atoms with Crippen molar-refractivity contribution in [1.82, 2.24) is 4.90 Å². The van der Waals surface area contributed by atoms with Crippen molar-refractivity contribution < 1.29 is 5.11 Å². The Bertz CT molecular complexity index is 402. The number of aromatic hydroxyl groups is 1. The molecule has 1 aliphatic heterocycles. The molecular weight excluding hydrogens is 198 g/mol. The molecule has 0 aromatic heterocycles. The fourth-order valence-corrected chi connectivity index (χ4v) is 3.31. The van der Waals surface area contributed by atoms with E-state index in [9.17, 15) is 5.11 Å². The van der Waals surface area contributed by atoms with Gasteiger partial charge in [0.25, 0.3) is 0 Å². The SMILES string of the molecule is C[C@@H]1CCCN1[C@@H]1Cc2ccc(O)cc2C1. The monoisotopic (exact) mass is 217 g/mol. The molecule has 0 radical (unpaired) electrons. The van der Waals surface area contributed by atoms with Crippen LogP contribution in [0.1, 0.15) is 30.9 Å². The highest BCUT2D eigenvalue weighted by Gasteiger charge is 2.32. The quantitative estimate of drug-likeness (QED) is 0.780. The minimum atomic E-state index is 0.411. The predicted molar refractivity (Wildman–Crippen MR) is 64.7 cm³/mol. The van der Waals surface area contributed by atoms with Gasteiger partial charge in [-0.05, 0) is 62.4 Å². The first kappa shape index (κ1) is 10.2. The van der Waals surface area contributed by atoms with Gasteiger partial charge in [-0.25, -0.2) is 0 Å². The van der Waals surface area contributed by atoms with Crippen LogP contribution < -0.4 is 0 Å². The summed E-state index contributed by atoms with van der Waals surface area (Å²) in [6.45, 7) is 3.60. The molecule has 1 aromatic rings. The summed E-state index contributed by atoms with van der Waals surface area (Å²) in [5.41, 5.74) is 2.78. The van der Waals surface area contributed by atoms with Crippen LogP contribution in [0.3, 0.4) is 0 Å². The lowest BCUT2D eigenvalue weighted by Gasteiger charge is -2.27. The second-order valence-corrected chi connectivity index (χ2v) is 5.24. The van der Waals surface area contributed by atoms with E-state index in [4.69, 9.17) is 0 Å². The number of hydrogen-bond acceptors (Lipinski definition) is 2. The maximum absolute atomic E-state index is 9.49. The number of phenolic OH excluding ortho intramolecular Hbond substituents is 1. The smallest absolute Gasteiger partial charge is 0.115 e. The van der Waals surface area contributed by atoms with Crippen LogP contribution in [0.2, 0.25) is 0 Å². The number of fused-ring (bicyclic) bond motifs is 1. The van der Waals surface area contributed by atoms with E-state index in [0.29, 0.717) is 11.8 Å². The van der Waals surface area contributed by atoms with Crippen molar-refractivity contribution in [3.63, 3.8) is 0 Å². The normalized spacial score (nSPS) is 29.6. The number of rotatable bonds is 1. The maximum Gasteiger partial charge on any atom is 0.115 e. The van der Waals surface area contributed by atoms with Gasteiger partial charge in [-0.15, -0.1) is 0 Å². The molecule has 1 heterocycles. The zero-order valence-electron chi connectivity index (χ0n) is 9.82. The van der Waals surface area contributed by atoms with Gasteiger partial charge < -0.3 is 5.11 Å². The third kappa shape index (κ3) is 1.61. The fourth-order valence-electron chi connectivity index (χ4n) is 3.31. The van der Waals surface area contributed by atoms with E-state index in [1.807, 2.05) is 12.1 Å². The molecule has 16 heavy (non-hydrogen) atoms. The van der Waals surface area contributed by atoms with E-state index in [0.717, 1.165) is 12.5 Å². The number of likely N-dealkylation sites (tertiary alicyclic amines) is 1. The molecule has 1 saturated heterocycles. The minimum absolute atomic E-state index is 0.411. The first-order chi connectivity index (χ1) is 7.74. The van der Waals surface area contributed by atoms with Gasteiger partial charge in [0, 0.05) is 12.1 Å². The molecule has 1 fully saturated rings. The first-order valence-electron chi connectivity index (χ1n) is 6.30. The van der Waals surface area contributed by atoms with Gasteiger partial charge in [0.05, 0.1) is 0 Å². The Kier molecular flexibility index (Phi) is 2.40. The van der Waals surface area contributed by atoms with E-state index >= 15 is 0 Å². The number of hydrogen-bond donors (Lipinski definition) is 1. The van der Waals surface area contributed by atoms with Gasteiger partial charge >= 0.3 is 0 Å². The number of nitrogens with zero attached hydrogens (tertiary/aromatic N) is 1. The molecule has 0 amide bonds. The standard InChI is InChI=1S/C14H19NO/c1-10-3-2-6-15(10)13-7-11-4-5-14(16)9-12(11)8-13/h4-5,9-10,13,16H,2-3,6-8H2,1H3/t10-,13-/m1/s1. The van der Waals surface area contributed by atoms with E-state index < -0.39 is 0 Å². The van der Waals surface area contributed by atoms with Crippen LogP contribution in [0.4, 0.5) is 0 Å². The second-order valence-electron chi connectivity index (χ2n) is 5.24. The highest BCUT2D eigenvalue weighted by molar-refractivity contribution is 5.39. The lowest BCUT2D eigenvalue weighted by atomic mass is 10.1. The average molecular weight is 217 g/mol. The van der Waals surface area contributed by atoms with Gasteiger partial charge in [0.1, 0.15) is 5.75 Å². The lowest BCUT2D eigenvalue weighted by Crippen LogP contribution is -2.38. The Hall–Kier alpha value is -1.02. The molecule has 0 bridgehead atoms. The molecule has 0 unspecified atom stereocenters. The molecule has 0 saturated carbocycles. The molecule has 3 rings (SSSR count). The third-order valence-corrected chi connectivity index (χ3v) is 4.17. The Labute approximate surface area is 96.9 Å². The van der Waals surface area contributed by atoms with Crippen LogP contribution in [0.25, 0.3) is 0 Å². The molecular formula is C14H19NO. The van der Waals surface area contributed by atoms with E-state index in [-0.39, 0.29) is 0 Å². The second kappa shape index (κ2) is 3.77.